The van der Waals surface area contributed by atoms with Crippen LogP contribution in [0.25, 0.3) is 0 Å². The molecule has 1 aromatic heterocycles. The van der Waals surface area contributed by atoms with Crippen LogP contribution in [0.15, 0.2) is 34.0 Å². The first-order chi connectivity index (χ1) is 9.86. The van der Waals surface area contributed by atoms with Gasteiger partial charge in [0.2, 0.25) is 10.0 Å². The zero-order chi connectivity index (χ0) is 15.5. The summed E-state index contributed by atoms with van der Waals surface area (Å²) in [6.07, 6.45) is 0.638. The van der Waals surface area contributed by atoms with E-state index in [2.05, 4.69) is 20.5 Å². The molecule has 2 rings (SSSR count). The first-order valence-corrected chi connectivity index (χ1v) is 7.70. The summed E-state index contributed by atoms with van der Waals surface area (Å²) in [7, 11) is -3.67. The Morgan fingerprint density at radius 1 is 1.29 bits per heavy atom. The van der Waals surface area contributed by atoms with Crippen LogP contribution in [0.3, 0.4) is 0 Å². The number of sulfonamides is 1. The second-order valence-electron chi connectivity index (χ2n) is 4.44. The molecule has 0 saturated carbocycles. The molecule has 0 atom stereocenters. The maximum absolute atomic E-state index is 11.1. The highest BCUT2D eigenvalue weighted by atomic mass is 32.2. The third-order valence-corrected chi connectivity index (χ3v) is 3.76. The van der Waals surface area contributed by atoms with E-state index in [1.54, 1.807) is 19.1 Å². The standard InChI is InChI=1S/C12H15N5O3S/c1-8-11(15-12(18)17-16-8)14-7-6-9-2-4-10(5-3-9)21(13,19)20/h2-5H,6-7H2,1H3,(H2,13,19,20)(H2,14,15,17,18). The minimum absolute atomic E-state index is 0.0792. The van der Waals surface area contributed by atoms with Crippen molar-refractivity contribution in [3.8, 4) is 0 Å². The van der Waals surface area contributed by atoms with Crippen molar-refractivity contribution < 1.29 is 8.42 Å². The van der Waals surface area contributed by atoms with Gasteiger partial charge in [0.25, 0.3) is 0 Å². The minimum atomic E-state index is -3.67. The third kappa shape index (κ3) is 4.10. The molecule has 8 nitrogen and oxygen atoms in total. The van der Waals surface area contributed by atoms with Gasteiger partial charge in [-0.2, -0.15) is 10.1 Å². The molecule has 0 spiro atoms. The molecule has 2 aromatic rings. The fourth-order valence-electron chi connectivity index (χ4n) is 1.73. The van der Waals surface area contributed by atoms with Crippen LogP contribution in [0, 0.1) is 6.92 Å². The van der Waals surface area contributed by atoms with Gasteiger partial charge in [0, 0.05) is 6.54 Å². The van der Waals surface area contributed by atoms with E-state index in [1.165, 1.54) is 12.1 Å². The van der Waals surface area contributed by atoms with Crippen LogP contribution in [0.5, 0.6) is 0 Å². The van der Waals surface area contributed by atoms with E-state index in [0.29, 0.717) is 24.5 Å². The molecule has 0 aliphatic carbocycles. The van der Waals surface area contributed by atoms with Crippen LogP contribution >= 0.6 is 0 Å². The lowest BCUT2D eigenvalue weighted by molar-refractivity contribution is 0.598. The van der Waals surface area contributed by atoms with E-state index < -0.39 is 15.7 Å². The minimum Gasteiger partial charge on any atom is -0.368 e. The average molecular weight is 309 g/mol. The highest BCUT2D eigenvalue weighted by molar-refractivity contribution is 7.89. The lowest BCUT2D eigenvalue weighted by Crippen LogP contribution is -2.18. The van der Waals surface area contributed by atoms with Crippen molar-refractivity contribution in [3.05, 3.63) is 46.0 Å². The molecule has 21 heavy (non-hydrogen) atoms. The molecule has 112 valence electrons. The van der Waals surface area contributed by atoms with E-state index in [1.807, 2.05) is 0 Å². The highest BCUT2D eigenvalue weighted by Gasteiger charge is 2.07. The number of benzene rings is 1. The smallest absolute Gasteiger partial charge is 0.363 e. The predicted octanol–water partition coefficient (Wildman–Crippen LogP) is -0.225. The zero-order valence-corrected chi connectivity index (χ0v) is 12.1. The van der Waals surface area contributed by atoms with Crippen molar-refractivity contribution in [3.63, 3.8) is 0 Å². The topological polar surface area (TPSA) is 131 Å². The number of primary sulfonamides is 1. The molecule has 0 saturated heterocycles. The summed E-state index contributed by atoms with van der Waals surface area (Å²) in [5.41, 5.74) is 1.02. The molecule has 0 radical (unpaired) electrons. The fraction of sp³-hybridized carbons (Fsp3) is 0.250. The van der Waals surface area contributed by atoms with E-state index in [-0.39, 0.29) is 4.90 Å². The van der Waals surface area contributed by atoms with Crippen LogP contribution in [-0.4, -0.2) is 30.1 Å². The summed E-state index contributed by atoms with van der Waals surface area (Å²) >= 11 is 0. The van der Waals surface area contributed by atoms with Crippen LogP contribution < -0.4 is 16.1 Å². The lowest BCUT2D eigenvalue weighted by Gasteiger charge is -2.07. The maximum Gasteiger partial charge on any atom is 0.363 e. The number of aryl methyl sites for hydroxylation is 1. The molecule has 0 amide bonds. The monoisotopic (exact) mass is 309 g/mol. The molecular formula is C12H15N5O3S. The van der Waals surface area contributed by atoms with Crippen molar-refractivity contribution in [1.82, 2.24) is 15.2 Å². The molecule has 4 N–H and O–H groups in total. The number of aromatic amines is 1. The zero-order valence-electron chi connectivity index (χ0n) is 11.3. The predicted molar refractivity (Wildman–Crippen MR) is 77.4 cm³/mol. The average Bonchev–Trinajstić information content (AvgIpc) is 2.42. The first kappa shape index (κ1) is 15.1. The maximum atomic E-state index is 11.1. The number of nitrogens with one attached hydrogen (secondary N) is 2. The Balaban J connectivity index is 1.98. The molecule has 0 aliphatic heterocycles. The molecular weight excluding hydrogens is 294 g/mol. The van der Waals surface area contributed by atoms with E-state index in [0.717, 1.165) is 5.56 Å². The molecule has 0 fully saturated rings. The van der Waals surface area contributed by atoms with Crippen LogP contribution in [-0.2, 0) is 16.4 Å². The number of nitrogens with two attached hydrogens (primary N) is 1. The quantitative estimate of drug-likeness (QED) is 0.699. The summed E-state index contributed by atoms with van der Waals surface area (Å²) in [5.74, 6) is 0.430. The molecule has 1 aromatic carbocycles. The van der Waals surface area contributed by atoms with Gasteiger partial charge in [-0.05, 0) is 31.0 Å². The third-order valence-electron chi connectivity index (χ3n) is 2.83. The molecule has 1 heterocycles. The van der Waals surface area contributed by atoms with Crippen LogP contribution in [0.4, 0.5) is 5.82 Å². The lowest BCUT2D eigenvalue weighted by atomic mass is 10.1. The summed E-state index contributed by atoms with van der Waals surface area (Å²) in [6, 6.07) is 6.31. The highest BCUT2D eigenvalue weighted by Crippen LogP contribution is 2.10. The number of anilines is 1. The molecule has 9 heteroatoms. The number of nitrogens with zero attached hydrogens (tertiary/aromatic N) is 2. The summed E-state index contributed by atoms with van der Waals surface area (Å²) in [6.45, 7) is 2.26. The Hall–Kier alpha value is -2.26. The van der Waals surface area contributed by atoms with Gasteiger partial charge < -0.3 is 5.32 Å². The Kier molecular flexibility index (Phi) is 4.34. The SMILES string of the molecule is Cc1n[nH]c(=O)nc1NCCc1ccc(S(N)(=O)=O)cc1. The Labute approximate surface area is 121 Å². The van der Waals surface area contributed by atoms with Crippen LogP contribution in [0.1, 0.15) is 11.3 Å². The van der Waals surface area contributed by atoms with Gasteiger partial charge in [0.05, 0.1) is 4.90 Å². The van der Waals surface area contributed by atoms with Gasteiger partial charge in [0.1, 0.15) is 5.69 Å². The first-order valence-electron chi connectivity index (χ1n) is 6.15. The number of hydrogen-bond acceptors (Lipinski definition) is 6. The normalized spacial score (nSPS) is 11.3. The number of rotatable bonds is 5. The van der Waals surface area contributed by atoms with Crippen molar-refractivity contribution in [2.24, 2.45) is 5.14 Å². The van der Waals surface area contributed by atoms with Crippen molar-refractivity contribution in [1.29, 1.82) is 0 Å². The van der Waals surface area contributed by atoms with E-state index in [4.69, 9.17) is 5.14 Å². The largest absolute Gasteiger partial charge is 0.368 e. The van der Waals surface area contributed by atoms with Crippen molar-refractivity contribution in [2.75, 3.05) is 11.9 Å². The van der Waals surface area contributed by atoms with Gasteiger partial charge >= 0.3 is 5.69 Å². The Morgan fingerprint density at radius 2 is 1.95 bits per heavy atom. The summed E-state index contributed by atoms with van der Waals surface area (Å²) < 4.78 is 22.3. The molecule has 0 unspecified atom stereocenters. The van der Waals surface area contributed by atoms with E-state index in [9.17, 15) is 13.2 Å². The fourth-order valence-corrected chi connectivity index (χ4v) is 2.25. The summed E-state index contributed by atoms with van der Waals surface area (Å²) in [4.78, 5) is 14.9. The molecule has 0 aliphatic rings. The Morgan fingerprint density at radius 3 is 2.57 bits per heavy atom. The van der Waals surface area contributed by atoms with Gasteiger partial charge in [0.15, 0.2) is 5.82 Å². The number of H-pyrrole nitrogens is 1. The second kappa shape index (κ2) is 6.02. The Bertz CT molecular complexity index is 783. The van der Waals surface area contributed by atoms with Gasteiger partial charge in [-0.3, -0.25) is 0 Å². The van der Waals surface area contributed by atoms with Crippen molar-refractivity contribution in [2.45, 2.75) is 18.2 Å². The summed E-state index contributed by atoms with van der Waals surface area (Å²) in [5, 5.41) is 14.1. The number of aromatic nitrogens is 3. The second-order valence-corrected chi connectivity index (χ2v) is 6.00. The van der Waals surface area contributed by atoms with Crippen molar-refractivity contribution >= 4 is 15.8 Å². The van der Waals surface area contributed by atoms with Crippen LogP contribution in [0.2, 0.25) is 0 Å². The number of hydrogen-bond donors (Lipinski definition) is 3. The van der Waals surface area contributed by atoms with Gasteiger partial charge in [-0.1, -0.05) is 12.1 Å². The van der Waals surface area contributed by atoms with E-state index >= 15 is 0 Å². The molecule has 0 bridgehead atoms. The van der Waals surface area contributed by atoms with Gasteiger partial charge in [-0.25, -0.2) is 23.4 Å². The van der Waals surface area contributed by atoms with Gasteiger partial charge in [-0.15, -0.1) is 0 Å².